The van der Waals surface area contributed by atoms with Crippen molar-refractivity contribution in [1.29, 1.82) is 0 Å². The summed E-state index contributed by atoms with van der Waals surface area (Å²) < 4.78 is 2.14. The monoisotopic (exact) mass is 660 g/mol. The average molecular weight is 661 g/mol. The number of aryl methyl sites for hydroxylation is 2. The van der Waals surface area contributed by atoms with Crippen LogP contribution in [0.15, 0.2) is 158 Å². The van der Waals surface area contributed by atoms with E-state index >= 15 is 0 Å². The normalized spacial score (nSPS) is 11.2. The molecule has 0 fully saturated rings. The fourth-order valence-corrected chi connectivity index (χ4v) is 7.39. The number of nitrogens with zero attached hydrogens (tertiary/aromatic N) is 2. The van der Waals surface area contributed by atoms with E-state index in [-0.39, 0.29) is 5.91 Å². The molecule has 0 aliphatic rings. The summed E-state index contributed by atoms with van der Waals surface area (Å²) in [5, 5.41) is 2.14. The van der Waals surface area contributed by atoms with Crippen molar-refractivity contribution < 1.29 is 9.59 Å². The Bertz CT molecular complexity index is 2510. The van der Waals surface area contributed by atoms with E-state index in [1.807, 2.05) is 66.7 Å². The highest BCUT2D eigenvalue weighted by atomic mass is 16.2. The fourth-order valence-electron chi connectivity index (χ4n) is 7.39. The standard InChI is InChI=1S/C47H36N2O2/c1-31-14-7-9-19-37(31)34-24-26-43-40(28-34)41-29-35(38-20-10-8-15-32(38)2)25-27-44(41)49(43)45-23-13-18-36(30-50)46(45)47(51)48(3)42-22-12-11-21-39(42)33-16-5-4-6-17-33/h4-30H,1-3H3. The van der Waals surface area contributed by atoms with Crippen LogP contribution in [0.2, 0.25) is 0 Å². The van der Waals surface area contributed by atoms with Gasteiger partial charge in [-0.1, -0.05) is 121 Å². The highest BCUT2D eigenvalue weighted by Gasteiger charge is 2.26. The van der Waals surface area contributed by atoms with Crippen LogP contribution in [0.4, 0.5) is 5.69 Å². The van der Waals surface area contributed by atoms with Gasteiger partial charge >= 0.3 is 0 Å². The van der Waals surface area contributed by atoms with Crippen LogP contribution in [0, 0.1) is 13.8 Å². The number of para-hydroxylation sites is 1. The van der Waals surface area contributed by atoms with Crippen molar-refractivity contribution >= 4 is 39.7 Å². The SMILES string of the molecule is Cc1ccccc1-c1ccc2c(c1)c1cc(-c3ccccc3C)ccc1n2-c1cccc(C=O)c1C(=O)N(C)c1ccccc1-c1ccccc1. The second-order valence-electron chi connectivity index (χ2n) is 13.0. The lowest BCUT2D eigenvalue weighted by Crippen LogP contribution is -2.29. The molecule has 0 N–H and O–H groups in total. The number of fused-ring (bicyclic) bond motifs is 3. The van der Waals surface area contributed by atoms with Crippen LogP contribution in [0.25, 0.3) is 60.9 Å². The van der Waals surface area contributed by atoms with E-state index in [1.54, 1.807) is 18.0 Å². The van der Waals surface area contributed by atoms with E-state index in [0.717, 1.165) is 56.0 Å². The summed E-state index contributed by atoms with van der Waals surface area (Å²) in [5.41, 5.74) is 12.9. The summed E-state index contributed by atoms with van der Waals surface area (Å²) in [5.74, 6) is -0.265. The van der Waals surface area contributed by atoms with Crippen LogP contribution < -0.4 is 4.90 Å². The van der Waals surface area contributed by atoms with Gasteiger partial charge in [-0.3, -0.25) is 9.59 Å². The lowest BCUT2D eigenvalue weighted by atomic mass is 9.97. The Hall–Kier alpha value is -6.52. The molecule has 51 heavy (non-hydrogen) atoms. The van der Waals surface area contributed by atoms with Gasteiger partial charge in [-0.05, 0) is 89.2 Å². The number of rotatable bonds is 7. The number of carbonyl (C=O) groups is 2. The minimum absolute atomic E-state index is 0.265. The molecule has 0 spiro atoms. The summed E-state index contributed by atoms with van der Waals surface area (Å²) in [4.78, 5) is 29.2. The third-order valence-corrected chi connectivity index (χ3v) is 9.99. The van der Waals surface area contributed by atoms with Crippen molar-refractivity contribution in [3.63, 3.8) is 0 Å². The predicted octanol–water partition coefficient (Wildman–Crippen LogP) is 11.5. The number of aromatic nitrogens is 1. The number of anilines is 1. The molecule has 0 saturated heterocycles. The predicted molar refractivity (Wildman–Crippen MR) is 211 cm³/mol. The van der Waals surface area contributed by atoms with Crippen LogP contribution >= 0.6 is 0 Å². The second kappa shape index (κ2) is 13.1. The van der Waals surface area contributed by atoms with Crippen LogP contribution in [-0.2, 0) is 0 Å². The molecule has 0 unspecified atom stereocenters. The number of aldehydes is 1. The molecular formula is C47H36N2O2. The van der Waals surface area contributed by atoms with E-state index in [4.69, 9.17) is 0 Å². The van der Waals surface area contributed by atoms with Crippen LogP contribution in [-0.4, -0.2) is 23.8 Å². The van der Waals surface area contributed by atoms with Gasteiger partial charge in [0, 0.05) is 28.9 Å². The Morgan fingerprint density at radius 2 is 1.08 bits per heavy atom. The first-order valence-electron chi connectivity index (χ1n) is 17.2. The maximum Gasteiger partial charge on any atom is 0.260 e. The molecular weight excluding hydrogens is 625 g/mol. The van der Waals surface area contributed by atoms with Gasteiger partial charge in [0.25, 0.3) is 5.91 Å². The Morgan fingerprint density at radius 1 is 0.549 bits per heavy atom. The topological polar surface area (TPSA) is 42.3 Å². The first kappa shape index (κ1) is 31.7. The van der Waals surface area contributed by atoms with Crippen molar-refractivity contribution in [2.24, 2.45) is 0 Å². The molecule has 1 aromatic heterocycles. The van der Waals surface area contributed by atoms with Crippen molar-refractivity contribution in [2.75, 3.05) is 11.9 Å². The lowest BCUT2D eigenvalue weighted by molar-refractivity contribution is 0.0986. The molecule has 1 amide bonds. The van der Waals surface area contributed by atoms with Gasteiger partial charge in [0.05, 0.1) is 28.0 Å². The Labute approximate surface area is 297 Å². The quantitative estimate of drug-likeness (QED) is 0.160. The minimum atomic E-state index is -0.265. The van der Waals surface area contributed by atoms with Gasteiger partial charge in [-0.2, -0.15) is 0 Å². The van der Waals surface area contributed by atoms with Crippen molar-refractivity contribution in [3.8, 4) is 39.1 Å². The summed E-state index contributed by atoms with van der Waals surface area (Å²) in [6.07, 6.45) is 0.786. The Morgan fingerprint density at radius 3 is 1.65 bits per heavy atom. The summed E-state index contributed by atoms with van der Waals surface area (Å²) in [6, 6.07) is 53.4. The average Bonchev–Trinajstić information content (AvgIpc) is 3.50. The maximum absolute atomic E-state index is 14.8. The Balaban J connectivity index is 1.37. The largest absolute Gasteiger partial charge is 0.311 e. The van der Waals surface area contributed by atoms with Gasteiger partial charge in [-0.25, -0.2) is 0 Å². The van der Waals surface area contributed by atoms with Gasteiger partial charge < -0.3 is 9.47 Å². The number of amides is 1. The molecule has 4 nitrogen and oxygen atoms in total. The molecule has 7 aromatic carbocycles. The third kappa shape index (κ3) is 5.51. The summed E-state index contributed by atoms with van der Waals surface area (Å²) >= 11 is 0. The molecule has 4 heteroatoms. The number of benzene rings is 7. The first-order valence-corrected chi connectivity index (χ1v) is 17.2. The van der Waals surface area contributed by atoms with Gasteiger partial charge in [0.15, 0.2) is 6.29 Å². The number of hydrogen-bond donors (Lipinski definition) is 0. The zero-order valence-corrected chi connectivity index (χ0v) is 28.8. The fraction of sp³-hybridized carbons (Fsp3) is 0.0638. The van der Waals surface area contributed by atoms with E-state index in [9.17, 15) is 9.59 Å². The van der Waals surface area contributed by atoms with Crippen LogP contribution in [0.3, 0.4) is 0 Å². The smallest absolute Gasteiger partial charge is 0.260 e. The number of carbonyl (C=O) groups excluding carboxylic acids is 2. The van der Waals surface area contributed by atoms with E-state index < -0.39 is 0 Å². The van der Waals surface area contributed by atoms with E-state index in [2.05, 4.69) is 103 Å². The Kier molecular flexibility index (Phi) is 8.13. The second-order valence-corrected chi connectivity index (χ2v) is 13.0. The molecule has 1 heterocycles. The van der Waals surface area contributed by atoms with E-state index in [1.165, 1.54) is 22.3 Å². The molecule has 0 aliphatic heterocycles. The van der Waals surface area contributed by atoms with Crippen LogP contribution in [0.1, 0.15) is 31.8 Å². The van der Waals surface area contributed by atoms with Crippen molar-refractivity contribution in [1.82, 2.24) is 4.57 Å². The molecule has 246 valence electrons. The minimum Gasteiger partial charge on any atom is -0.311 e. The molecule has 0 atom stereocenters. The molecule has 0 aliphatic carbocycles. The molecule has 0 saturated carbocycles. The van der Waals surface area contributed by atoms with Crippen molar-refractivity contribution in [2.45, 2.75) is 13.8 Å². The van der Waals surface area contributed by atoms with Crippen molar-refractivity contribution in [3.05, 3.63) is 180 Å². The maximum atomic E-state index is 14.8. The number of hydrogen-bond acceptors (Lipinski definition) is 2. The molecule has 8 rings (SSSR count). The van der Waals surface area contributed by atoms with Gasteiger partial charge in [-0.15, -0.1) is 0 Å². The van der Waals surface area contributed by atoms with Crippen LogP contribution in [0.5, 0.6) is 0 Å². The summed E-state index contributed by atoms with van der Waals surface area (Å²) in [6.45, 7) is 4.27. The molecule has 0 radical (unpaired) electrons. The third-order valence-electron chi connectivity index (χ3n) is 9.99. The van der Waals surface area contributed by atoms with Gasteiger partial charge in [0.1, 0.15) is 0 Å². The lowest BCUT2D eigenvalue weighted by Gasteiger charge is -2.24. The zero-order valence-electron chi connectivity index (χ0n) is 28.8. The molecule has 0 bridgehead atoms. The highest BCUT2D eigenvalue weighted by Crippen LogP contribution is 2.40. The zero-order chi connectivity index (χ0) is 35.1. The van der Waals surface area contributed by atoms with Gasteiger partial charge in [0.2, 0.25) is 0 Å². The summed E-state index contributed by atoms with van der Waals surface area (Å²) in [7, 11) is 1.78. The first-order chi connectivity index (χ1) is 24.9. The van der Waals surface area contributed by atoms with E-state index in [0.29, 0.717) is 16.8 Å². The molecule has 8 aromatic rings. The highest BCUT2D eigenvalue weighted by molar-refractivity contribution is 6.16.